The number of likely N-dealkylation sites (tertiary alicyclic amines) is 1. The summed E-state index contributed by atoms with van der Waals surface area (Å²) in [6.45, 7) is 5.16. The first-order chi connectivity index (χ1) is 9.68. The molecule has 1 aliphatic heterocycles. The van der Waals surface area contributed by atoms with Crippen LogP contribution in [0, 0.1) is 0 Å². The zero-order valence-corrected chi connectivity index (χ0v) is 13.0. The molecule has 2 aliphatic rings. The monoisotopic (exact) mass is 281 g/mol. The molecule has 1 atom stereocenters. The number of carbonyl (C=O) groups excluding carboxylic acids is 1. The number of carbonyl (C=O) groups is 1. The number of nitrogens with two attached hydrogens (primary N) is 1. The van der Waals surface area contributed by atoms with E-state index in [-0.39, 0.29) is 17.5 Å². The normalized spacial score (nSPS) is 25.1. The molecular weight excluding hydrogens is 250 g/mol. The molecule has 0 aromatic rings. The lowest BCUT2D eigenvalue weighted by molar-refractivity contribution is -0.123. The molecule has 4 nitrogen and oxygen atoms in total. The van der Waals surface area contributed by atoms with Crippen molar-refractivity contribution in [3.05, 3.63) is 0 Å². The van der Waals surface area contributed by atoms with Crippen molar-refractivity contribution < 1.29 is 4.79 Å². The lowest BCUT2D eigenvalue weighted by Crippen LogP contribution is -2.59. The second-order valence-electron chi connectivity index (χ2n) is 6.57. The molecule has 116 valence electrons. The van der Waals surface area contributed by atoms with Crippen LogP contribution in [0.25, 0.3) is 0 Å². The Bertz CT molecular complexity index is 307. The van der Waals surface area contributed by atoms with Crippen molar-refractivity contribution in [2.45, 2.75) is 76.3 Å². The fourth-order valence-corrected chi connectivity index (χ4v) is 3.75. The molecule has 0 bridgehead atoms. The number of rotatable bonds is 5. The molecule has 2 rings (SSSR count). The van der Waals surface area contributed by atoms with Crippen LogP contribution in [0.3, 0.4) is 0 Å². The van der Waals surface area contributed by atoms with Crippen LogP contribution < -0.4 is 11.1 Å². The van der Waals surface area contributed by atoms with E-state index in [0.29, 0.717) is 6.42 Å². The summed E-state index contributed by atoms with van der Waals surface area (Å²) in [6, 6.07) is -0.350. The average molecular weight is 281 g/mol. The van der Waals surface area contributed by atoms with Gasteiger partial charge in [-0.05, 0) is 45.2 Å². The summed E-state index contributed by atoms with van der Waals surface area (Å²) >= 11 is 0. The largest absolute Gasteiger partial charge is 0.353 e. The van der Waals surface area contributed by atoms with Crippen LogP contribution in [0.4, 0.5) is 0 Å². The Hall–Kier alpha value is -0.610. The minimum atomic E-state index is -0.350. The molecule has 4 heteroatoms. The van der Waals surface area contributed by atoms with Crippen LogP contribution in [-0.2, 0) is 4.79 Å². The SMILES string of the molecule is CC[C@H](N)C(=O)NCC1(N2CCCCC2)CCCCC1. The number of nitrogens with one attached hydrogen (secondary N) is 1. The van der Waals surface area contributed by atoms with Gasteiger partial charge in [-0.15, -0.1) is 0 Å². The summed E-state index contributed by atoms with van der Waals surface area (Å²) in [5, 5.41) is 3.14. The number of nitrogens with zero attached hydrogens (tertiary/aromatic N) is 1. The lowest BCUT2D eigenvalue weighted by atomic mass is 9.79. The fraction of sp³-hybridized carbons (Fsp3) is 0.938. The van der Waals surface area contributed by atoms with Gasteiger partial charge in [0.2, 0.25) is 5.91 Å². The Morgan fingerprint density at radius 1 is 1.15 bits per heavy atom. The summed E-state index contributed by atoms with van der Waals surface area (Å²) in [5.41, 5.74) is 6.04. The van der Waals surface area contributed by atoms with Gasteiger partial charge >= 0.3 is 0 Å². The predicted octanol–water partition coefficient (Wildman–Crippen LogP) is 2.03. The van der Waals surface area contributed by atoms with Crippen molar-refractivity contribution in [1.29, 1.82) is 0 Å². The summed E-state index contributed by atoms with van der Waals surface area (Å²) in [6.07, 6.45) is 11.1. The van der Waals surface area contributed by atoms with Gasteiger partial charge in [-0.3, -0.25) is 9.69 Å². The molecule has 1 saturated heterocycles. The Morgan fingerprint density at radius 2 is 1.75 bits per heavy atom. The van der Waals surface area contributed by atoms with Crippen molar-refractivity contribution in [2.24, 2.45) is 5.73 Å². The van der Waals surface area contributed by atoms with Crippen LogP contribution in [0.1, 0.15) is 64.7 Å². The van der Waals surface area contributed by atoms with Gasteiger partial charge in [0, 0.05) is 12.1 Å². The van der Waals surface area contributed by atoms with Gasteiger partial charge in [-0.2, -0.15) is 0 Å². The van der Waals surface area contributed by atoms with E-state index >= 15 is 0 Å². The highest BCUT2D eigenvalue weighted by Crippen LogP contribution is 2.35. The average Bonchev–Trinajstić information content (AvgIpc) is 2.53. The van der Waals surface area contributed by atoms with E-state index in [9.17, 15) is 4.79 Å². The maximum absolute atomic E-state index is 12.0. The van der Waals surface area contributed by atoms with Crippen molar-refractivity contribution in [2.75, 3.05) is 19.6 Å². The topological polar surface area (TPSA) is 58.4 Å². The molecule has 1 saturated carbocycles. The molecular formula is C16H31N3O. The first kappa shape index (κ1) is 15.8. The van der Waals surface area contributed by atoms with E-state index in [1.54, 1.807) is 0 Å². The minimum Gasteiger partial charge on any atom is -0.353 e. The van der Waals surface area contributed by atoms with E-state index in [1.807, 2.05) is 6.92 Å². The summed E-state index contributed by atoms with van der Waals surface area (Å²) in [4.78, 5) is 14.6. The van der Waals surface area contributed by atoms with Gasteiger partial charge in [-0.1, -0.05) is 32.6 Å². The first-order valence-corrected chi connectivity index (χ1v) is 8.46. The maximum atomic E-state index is 12.0. The minimum absolute atomic E-state index is 0.0226. The maximum Gasteiger partial charge on any atom is 0.236 e. The molecule has 1 amide bonds. The highest BCUT2D eigenvalue weighted by Gasteiger charge is 2.38. The zero-order valence-electron chi connectivity index (χ0n) is 13.0. The third-order valence-corrected chi connectivity index (χ3v) is 5.18. The summed E-state index contributed by atoms with van der Waals surface area (Å²) in [5.74, 6) is 0.0226. The van der Waals surface area contributed by atoms with Crippen molar-refractivity contribution in [3.63, 3.8) is 0 Å². The molecule has 0 aromatic heterocycles. The first-order valence-electron chi connectivity index (χ1n) is 8.46. The van der Waals surface area contributed by atoms with E-state index in [1.165, 1.54) is 64.5 Å². The smallest absolute Gasteiger partial charge is 0.236 e. The highest BCUT2D eigenvalue weighted by atomic mass is 16.2. The van der Waals surface area contributed by atoms with E-state index in [2.05, 4.69) is 10.2 Å². The number of hydrogen-bond donors (Lipinski definition) is 2. The predicted molar refractivity (Wildman–Crippen MR) is 82.5 cm³/mol. The quantitative estimate of drug-likeness (QED) is 0.810. The van der Waals surface area contributed by atoms with Crippen LogP contribution >= 0.6 is 0 Å². The lowest BCUT2D eigenvalue weighted by Gasteiger charge is -2.48. The highest BCUT2D eigenvalue weighted by molar-refractivity contribution is 5.81. The molecule has 20 heavy (non-hydrogen) atoms. The van der Waals surface area contributed by atoms with Gasteiger partial charge in [0.05, 0.1) is 6.04 Å². The molecule has 1 heterocycles. The third-order valence-electron chi connectivity index (χ3n) is 5.18. The van der Waals surface area contributed by atoms with Crippen molar-refractivity contribution >= 4 is 5.91 Å². The van der Waals surface area contributed by atoms with Crippen molar-refractivity contribution in [1.82, 2.24) is 10.2 Å². The van der Waals surface area contributed by atoms with Gasteiger partial charge in [0.25, 0.3) is 0 Å². The molecule has 0 aromatic carbocycles. The molecule has 0 radical (unpaired) electrons. The van der Waals surface area contributed by atoms with E-state index in [4.69, 9.17) is 5.73 Å². The van der Waals surface area contributed by atoms with Gasteiger partial charge < -0.3 is 11.1 Å². The second kappa shape index (κ2) is 7.41. The van der Waals surface area contributed by atoms with Gasteiger partial charge in [0.15, 0.2) is 0 Å². The van der Waals surface area contributed by atoms with Crippen LogP contribution in [-0.4, -0.2) is 42.0 Å². The third kappa shape index (κ3) is 3.73. The fourth-order valence-electron chi connectivity index (χ4n) is 3.75. The number of amides is 1. The van der Waals surface area contributed by atoms with E-state index in [0.717, 1.165) is 6.54 Å². The van der Waals surface area contributed by atoms with Crippen LogP contribution in [0.15, 0.2) is 0 Å². The number of hydrogen-bond acceptors (Lipinski definition) is 3. The molecule has 0 spiro atoms. The number of piperidine rings is 1. The Morgan fingerprint density at radius 3 is 2.35 bits per heavy atom. The van der Waals surface area contributed by atoms with Crippen LogP contribution in [0.5, 0.6) is 0 Å². The molecule has 1 aliphatic carbocycles. The second-order valence-corrected chi connectivity index (χ2v) is 6.57. The van der Waals surface area contributed by atoms with Crippen molar-refractivity contribution in [3.8, 4) is 0 Å². The standard InChI is InChI=1S/C16H31N3O/c1-2-14(17)15(20)18-13-16(9-5-3-6-10-16)19-11-7-4-8-12-19/h14H,2-13,17H2,1H3,(H,18,20)/t14-/m0/s1. The summed E-state index contributed by atoms with van der Waals surface area (Å²) in [7, 11) is 0. The molecule has 2 fully saturated rings. The molecule has 0 unspecified atom stereocenters. The Kier molecular flexibility index (Phi) is 5.85. The zero-order chi connectivity index (χ0) is 14.4. The summed E-state index contributed by atoms with van der Waals surface area (Å²) < 4.78 is 0. The van der Waals surface area contributed by atoms with Gasteiger partial charge in [0.1, 0.15) is 0 Å². The van der Waals surface area contributed by atoms with Crippen LogP contribution in [0.2, 0.25) is 0 Å². The Labute approximate surface area is 123 Å². The van der Waals surface area contributed by atoms with Gasteiger partial charge in [-0.25, -0.2) is 0 Å². The van der Waals surface area contributed by atoms with E-state index < -0.39 is 0 Å². The Balaban J connectivity index is 1.97. The molecule has 3 N–H and O–H groups in total.